The molecule has 7 nitrogen and oxygen atoms in total. The van der Waals surface area contributed by atoms with Gasteiger partial charge in [0, 0.05) is 23.7 Å². The van der Waals surface area contributed by atoms with Crippen LogP contribution in [0.25, 0.3) is 21.9 Å². The van der Waals surface area contributed by atoms with Gasteiger partial charge in [0.25, 0.3) is 0 Å². The molecule has 176 valence electrons. The topological polar surface area (TPSA) is 105 Å². The molecule has 1 aliphatic rings. The maximum Gasteiger partial charge on any atom is 0.227 e. The van der Waals surface area contributed by atoms with E-state index in [1.54, 1.807) is 50.2 Å². The molecule has 2 N–H and O–H groups in total. The zero-order valence-corrected chi connectivity index (χ0v) is 20.0. The highest BCUT2D eigenvalue weighted by molar-refractivity contribution is 7.90. The van der Waals surface area contributed by atoms with Crippen LogP contribution in [-0.2, 0) is 14.8 Å². The van der Waals surface area contributed by atoms with Gasteiger partial charge in [-0.15, -0.1) is 0 Å². The first-order valence-electron chi connectivity index (χ1n) is 11.4. The van der Waals surface area contributed by atoms with Crippen LogP contribution in [0.5, 0.6) is 0 Å². The van der Waals surface area contributed by atoms with E-state index >= 15 is 0 Å². The number of nitrogens with one attached hydrogen (secondary N) is 2. The average molecular weight is 471 g/mol. The number of hydrogen-bond acceptors (Lipinski definition) is 5. The number of carbonyl (C=O) groups is 1. The van der Waals surface area contributed by atoms with Gasteiger partial charge < -0.3 is 9.73 Å². The zero-order valence-electron chi connectivity index (χ0n) is 19.2. The van der Waals surface area contributed by atoms with Gasteiger partial charge in [-0.25, -0.2) is 13.1 Å². The first kappa shape index (κ1) is 23.4. The minimum absolute atomic E-state index is 0.100. The Kier molecular flexibility index (Phi) is 6.33. The molecule has 1 saturated carbocycles. The number of anilines is 1. The molecule has 0 aliphatic heterocycles. The summed E-state index contributed by atoms with van der Waals surface area (Å²) in [5, 5.41) is 3.92. The highest BCUT2D eigenvalue weighted by Gasteiger charge is 2.36. The number of sulfonamides is 1. The fourth-order valence-electron chi connectivity index (χ4n) is 4.17. The molecule has 2 aromatic carbocycles. The number of para-hydroxylation sites is 1. The van der Waals surface area contributed by atoms with Crippen LogP contribution in [-0.4, -0.2) is 25.1 Å². The molecule has 1 heterocycles. The van der Waals surface area contributed by atoms with Gasteiger partial charge in [-0.1, -0.05) is 19.1 Å². The lowest BCUT2D eigenvalue weighted by Gasteiger charge is -2.31. The van der Waals surface area contributed by atoms with Crippen molar-refractivity contribution in [2.45, 2.75) is 63.7 Å². The van der Waals surface area contributed by atoms with E-state index < -0.39 is 14.8 Å². The van der Waals surface area contributed by atoms with Crippen LogP contribution in [0.3, 0.4) is 0 Å². The molecular weight excluding hydrogens is 440 g/mol. The van der Waals surface area contributed by atoms with E-state index in [-0.39, 0.29) is 23.3 Å². The molecule has 0 atom stereocenters. The van der Waals surface area contributed by atoms with Gasteiger partial charge in [-0.2, -0.15) is 0 Å². The van der Waals surface area contributed by atoms with Gasteiger partial charge in [0.15, 0.2) is 0 Å². The van der Waals surface area contributed by atoms with Crippen molar-refractivity contribution >= 4 is 43.6 Å². The van der Waals surface area contributed by atoms with Crippen molar-refractivity contribution in [2.24, 2.45) is 5.92 Å². The van der Waals surface area contributed by atoms with E-state index in [4.69, 9.17) is 4.42 Å². The van der Waals surface area contributed by atoms with E-state index in [2.05, 4.69) is 10.0 Å². The second kappa shape index (κ2) is 8.91. The van der Waals surface area contributed by atoms with E-state index in [1.165, 1.54) is 0 Å². The van der Waals surface area contributed by atoms with Gasteiger partial charge in [-0.05, 0) is 70.2 Å². The van der Waals surface area contributed by atoms with Gasteiger partial charge in [0.05, 0.1) is 15.5 Å². The molecule has 1 aliphatic carbocycles. The monoisotopic (exact) mass is 470 g/mol. The molecule has 1 amide bonds. The minimum Gasteiger partial charge on any atom is -0.456 e. The summed E-state index contributed by atoms with van der Waals surface area (Å²) >= 11 is 0. The van der Waals surface area contributed by atoms with Crippen LogP contribution in [0.2, 0.25) is 0 Å². The summed E-state index contributed by atoms with van der Waals surface area (Å²) in [5.41, 5.74) is 1.40. The summed E-state index contributed by atoms with van der Waals surface area (Å²) in [5.74, 6) is -0.295. The van der Waals surface area contributed by atoms with Crippen LogP contribution in [0.4, 0.5) is 5.69 Å². The Morgan fingerprint density at radius 3 is 2.39 bits per heavy atom. The summed E-state index contributed by atoms with van der Waals surface area (Å²) in [7, 11) is -3.42. The van der Waals surface area contributed by atoms with Crippen LogP contribution in [0.1, 0.15) is 52.9 Å². The van der Waals surface area contributed by atoms with Crippen LogP contribution >= 0.6 is 0 Å². The van der Waals surface area contributed by atoms with E-state index in [1.807, 2.05) is 13.0 Å². The van der Waals surface area contributed by atoms with Gasteiger partial charge in [0.2, 0.25) is 21.4 Å². The maximum atomic E-state index is 12.8. The molecule has 0 unspecified atom stereocenters. The Balaban J connectivity index is 1.42. The Labute approximate surface area is 193 Å². The van der Waals surface area contributed by atoms with Crippen molar-refractivity contribution in [3.63, 3.8) is 0 Å². The first-order chi connectivity index (χ1) is 15.6. The molecule has 1 fully saturated rings. The lowest BCUT2D eigenvalue weighted by atomic mass is 9.86. The summed E-state index contributed by atoms with van der Waals surface area (Å²) < 4.78 is 33.1. The van der Waals surface area contributed by atoms with E-state index in [9.17, 15) is 18.0 Å². The van der Waals surface area contributed by atoms with Crippen molar-refractivity contribution in [1.29, 1.82) is 0 Å². The molecule has 0 bridgehead atoms. The van der Waals surface area contributed by atoms with Gasteiger partial charge >= 0.3 is 0 Å². The lowest BCUT2D eigenvalue weighted by molar-refractivity contribution is -0.120. The molecule has 8 heteroatoms. The Bertz CT molecular complexity index is 1350. The van der Waals surface area contributed by atoms with Crippen LogP contribution in [0.15, 0.2) is 51.7 Å². The predicted molar refractivity (Wildman–Crippen MR) is 131 cm³/mol. The van der Waals surface area contributed by atoms with Crippen molar-refractivity contribution in [3.05, 3.63) is 52.7 Å². The Hall–Kier alpha value is -2.71. The lowest BCUT2D eigenvalue weighted by Crippen LogP contribution is -2.47. The van der Waals surface area contributed by atoms with Crippen LogP contribution in [0, 0.1) is 5.92 Å². The fraction of sp³-hybridized carbons (Fsp3) is 0.440. The maximum absolute atomic E-state index is 12.8. The molecule has 33 heavy (non-hydrogen) atoms. The van der Waals surface area contributed by atoms with Crippen molar-refractivity contribution in [2.75, 3.05) is 5.32 Å². The third-order valence-corrected chi connectivity index (χ3v) is 9.23. The highest BCUT2D eigenvalue weighted by atomic mass is 32.2. The summed E-state index contributed by atoms with van der Waals surface area (Å²) in [6, 6.07) is 12.0. The predicted octanol–water partition coefficient (Wildman–Crippen LogP) is 4.55. The Morgan fingerprint density at radius 1 is 1.03 bits per heavy atom. The summed E-state index contributed by atoms with van der Waals surface area (Å²) in [6.07, 6.45) is 2.99. The van der Waals surface area contributed by atoms with E-state index in [0.29, 0.717) is 59.7 Å². The largest absolute Gasteiger partial charge is 0.456 e. The second-order valence-corrected chi connectivity index (χ2v) is 11.8. The van der Waals surface area contributed by atoms with Crippen molar-refractivity contribution < 1.29 is 17.6 Å². The Morgan fingerprint density at radius 2 is 1.70 bits per heavy atom. The van der Waals surface area contributed by atoms with Crippen LogP contribution < -0.4 is 15.5 Å². The summed E-state index contributed by atoms with van der Waals surface area (Å²) in [6.45, 7) is 5.31. The van der Waals surface area contributed by atoms with Gasteiger partial charge in [0.1, 0.15) is 11.2 Å². The SMILES string of the molecule is CCC(C)(C)S(=O)(=O)NC1CCC(C(=O)Nc2ccc3c(=O)c4ccccc4oc3c2)CC1. The normalized spacial score (nSPS) is 19.6. The standard InChI is InChI=1S/C25H30N2O5S/c1-4-25(2,3)33(30,31)27-17-11-9-16(10-12-17)24(29)26-18-13-14-20-22(15-18)32-21-8-6-5-7-19(21)23(20)28/h5-8,13-17,27H,4,9-12H2,1-3H3,(H,26,29). The number of benzene rings is 2. The number of carbonyl (C=O) groups excluding carboxylic acids is 1. The number of rotatable bonds is 6. The molecular formula is C25H30N2O5S. The third-order valence-electron chi connectivity index (χ3n) is 6.84. The quantitative estimate of drug-likeness (QED) is 0.514. The second-order valence-electron chi connectivity index (χ2n) is 9.41. The number of fused-ring (bicyclic) bond motifs is 2. The first-order valence-corrected chi connectivity index (χ1v) is 12.9. The third kappa shape index (κ3) is 4.68. The molecule has 0 saturated heterocycles. The number of amides is 1. The minimum atomic E-state index is -3.42. The molecule has 4 rings (SSSR count). The molecule has 0 spiro atoms. The zero-order chi connectivity index (χ0) is 23.8. The van der Waals surface area contributed by atoms with Gasteiger partial charge in [-0.3, -0.25) is 9.59 Å². The smallest absolute Gasteiger partial charge is 0.227 e. The molecule has 3 aromatic rings. The average Bonchev–Trinajstić information content (AvgIpc) is 2.79. The van der Waals surface area contributed by atoms with Crippen molar-refractivity contribution in [1.82, 2.24) is 4.72 Å². The fourth-order valence-corrected chi connectivity index (χ4v) is 5.54. The molecule has 1 aromatic heterocycles. The number of hydrogen-bond donors (Lipinski definition) is 2. The molecule has 0 radical (unpaired) electrons. The summed E-state index contributed by atoms with van der Waals surface area (Å²) in [4.78, 5) is 25.5. The highest BCUT2D eigenvalue weighted by Crippen LogP contribution is 2.29. The van der Waals surface area contributed by atoms with E-state index in [0.717, 1.165) is 0 Å². The van der Waals surface area contributed by atoms with Crippen molar-refractivity contribution in [3.8, 4) is 0 Å².